The molecule has 6 heteroatoms. The lowest BCUT2D eigenvalue weighted by molar-refractivity contribution is 0.102. The zero-order chi connectivity index (χ0) is 14.7. The molecule has 2 aromatic carbocycles. The van der Waals surface area contributed by atoms with Gasteiger partial charge in [0.15, 0.2) is 0 Å². The summed E-state index contributed by atoms with van der Waals surface area (Å²) in [4.78, 5) is 12.1. The topological polar surface area (TPSA) is 67.2 Å². The highest BCUT2D eigenvalue weighted by Gasteiger charge is 2.09. The van der Waals surface area contributed by atoms with E-state index in [4.69, 9.17) is 29.0 Å². The summed E-state index contributed by atoms with van der Waals surface area (Å²) in [5.41, 5.74) is 5.34. The van der Waals surface area contributed by atoms with E-state index >= 15 is 0 Å². The Morgan fingerprint density at radius 2 is 1.85 bits per heavy atom. The SMILES string of the molecule is Cc1cc(C(=O)Nc2ccc(Cl)c(Cl)c2)ccc1NN. The van der Waals surface area contributed by atoms with Crippen LogP contribution in [-0.4, -0.2) is 5.91 Å². The molecule has 2 rings (SSSR count). The number of nitrogens with one attached hydrogen (secondary N) is 2. The number of nitrogen functional groups attached to an aromatic ring is 1. The first kappa shape index (κ1) is 14.7. The summed E-state index contributed by atoms with van der Waals surface area (Å²) in [5, 5.41) is 3.59. The minimum Gasteiger partial charge on any atom is -0.324 e. The zero-order valence-corrected chi connectivity index (χ0v) is 12.2. The number of carbonyl (C=O) groups is 1. The molecule has 0 heterocycles. The first-order valence-electron chi connectivity index (χ1n) is 5.85. The smallest absolute Gasteiger partial charge is 0.255 e. The standard InChI is InChI=1S/C14H13Cl2N3O/c1-8-6-9(2-5-13(8)19-17)14(20)18-10-3-4-11(15)12(16)7-10/h2-7,19H,17H2,1H3,(H,18,20). The fourth-order valence-corrected chi connectivity index (χ4v) is 2.04. The Kier molecular flexibility index (Phi) is 4.49. The minimum atomic E-state index is -0.227. The minimum absolute atomic E-state index is 0.227. The van der Waals surface area contributed by atoms with Crippen molar-refractivity contribution >= 4 is 40.5 Å². The van der Waals surface area contributed by atoms with Gasteiger partial charge in [-0.3, -0.25) is 10.6 Å². The maximum Gasteiger partial charge on any atom is 0.255 e. The van der Waals surface area contributed by atoms with Crippen LogP contribution < -0.4 is 16.6 Å². The Morgan fingerprint density at radius 3 is 2.45 bits per heavy atom. The number of nitrogens with two attached hydrogens (primary N) is 1. The van der Waals surface area contributed by atoms with Crippen molar-refractivity contribution in [1.82, 2.24) is 0 Å². The van der Waals surface area contributed by atoms with Gasteiger partial charge in [0.05, 0.1) is 15.7 Å². The highest BCUT2D eigenvalue weighted by molar-refractivity contribution is 6.42. The van der Waals surface area contributed by atoms with Gasteiger partial charge in [-0.15, -0.1) is 0 Å². The van der Waals surface area contributed by atoms with Crippen molar-refractivity contribution in [3.8, 4) is 0 Å². The molecule has 0 fully saturated rings. The molecule has 0 saturated heterocycles. The van der Waals surface area contributed by atoms with Crippen LogP contribution in [-0.2, 0) is 0 Å². The molecule has 0 saturated carbocycles. The number of hydrazine groups is 1. The number of hydrogen-bond acceptors (Lipinski definition) is 3. The molecular weight excluding hydrogens is 297 g/mol. The Labute approximate surface area is 126 Å². The molecule has 4 N–H and O–H groups in total. The molecule has 0 bridgehead atoms. The summed E-state index contributed by atoms with van der Waals surface area (Å²) in [6.45, 7) is 1.87. The van der Waals surface area contributed by atoms with Crippen LogP contribution in [0.5, 0.6) is 0 Å². The molecule has 0 aliphatic carbocycles. The van der Waals surface area contributed by atoms with Crippen molar-refractivity contribution in [2.75, 3.05) is 10.7 Å². The van der Waals surface area contributed by atoms with E-state index in [0.29, 0.717) is 21.3 Å². The average Bonchev–Trinajstić information content (AvgIpc) is 2.42. The van der Waals surface area contributed by atoms with Crippen LogP contribution in [0.3, 0.4) is 0 Å². The Bertz CT molecular complexity index is 659. The molecule has 2 aromatic rings. The number of amides is 1. The van der Waals surface area contributed by atoms with Gasteiger partial charge >= 0.3 is 0 Å². The van der Waals surface area contributed by atoms with Crippen LogP contribution in [0.2, 0.25) is 10.0 Å². The van der Waals surface area contributed by atoms with E-state index in [1.165, 1.54) is 0 Å². The lowest BCUT2D eigenvalue weighted by Crippen LogP contribution is -2.13. The van der Waals surface area contributed by atoms with E-state index in [2.05, 4.69) is 10.7 Å². The van der Waals surface area contributed by atoms with E-state index in [-0.39, 0.29) is 5.91 Å². The van der Waals surface area contributed by atoms with E-state index in [1.807, 2.05) is 6.92 Å². The number of benzene rings is 2. The normalized spacial score (nSPS) is 10.2. The molecule has 104 valence electrons. The molecular formula is C14H13Cl2N3O. The number of anilines is 2. The molecule has 0 aliphatic heterocycles. The zero-order valence-electron chi connectivity index (χ0n) is 10.7. The van der Waals surface area contributed by atoms with Crippen molar-refractivity contribution < 1.29 is 4.79 Å². The molecule has 0 radical (unpaired) electrons. The molecule has 20 heavy (non-hydrogen) atoms. The van der Waals surface area contributed by atoms with Crippen LogP contribution in [0, 0.1) is 6.92 Å². The second kappa shape index (κ2) is 6.13. The van der Waals surface area contributed by atoms with E-state index < -0.39 is 0 Å². The average molecular weight is 310 g/mol. The van der Waals surface area contributed by atoms with Gasteiger partial charge in [-0.2, -0.15) is 0 Å². The fraction of sp³-hybridized carbons (Fsp3) is 0.0714. The quantitative estimate of drug-likeness (QED) is 0.596. The van der Waals surface area contributed by atoms with Crippen LogP contribution in [0.1, 0.15) is 15.9 Å². The maximum absolute atomic E-state index is 12.1. The molecule has 1 amide bonds. The van der Waals surface area contributed by atoms with E-state index in [9.17, 15) is 4.79 Å². The van der Waals surface area contributed by atoms with Gasteiger partial charge in [-0.25, -0.2) is 0 Å². The van der Waals surface area contributed by atoms with Gasteiger partial charge < -0.3 is 10.7 Å². The largest absolute Gasteiger partial charge is 0.324 e. The summed E-state index contributed by atoms with van der Waals surface area (Å²) >= 11 is 11.7. The number of halogens is 2. The number of carbonyl (C=O) groups excluding carboxylic acids is 1. The lowest BCUT2D eigenvalue weighted by Gasteiger charge is -2.09. The summed E-state index contributed by atoms with van der Waals surface area (Å²) < 4.78 is 0. The molecule has 0 unspecified atom stereocenters. The van der Waals surface area contributed by atoms with Gasteiger partial charge in [-0.05, 0) is 48.9 Å². The van der Waals surface area contributed by atoms with E-state index in [0.717, 1.165) is 11.3 Å². The predicted octanol–water partition coefficient (Wildman–Crippen LogP) is 3.84. The molecule has 0 atom stereocenters. The highest BCUT2D eigenvalue weighted by atomic mass is 35.5. The van der Waals surface area contributed by atoms with Gasteiger partial charge in [0, 0.05) is 11.3 Å². The molecule has 0 aliphatic rings. The Hall–Kier alpha value is -1.75. The van der Waals surface area contributed by atoms with Crippen LogP contribution in [0.25, 0.3) is 0 Å². The van der Waals surface area contributed by atoms with E-state index in [1.54, 1.807) is 36.4 Å². The van der Waals surface area contributed by atoms with Crippen molar-refractivity contribution in [3.05, 3.63) is 57.6 Å². The van der Waals surface area contributed by atoms with Crippen molar-refractivity contribution in [2.45, 2.75) is 6.92 Å². The van der Waals surface area contributed by atoms with Gasteiger partial charge in [-0.1, -0.05) is 23.2 Å². The van der Waals surface area contributed by atoms with Gasteiger partial charge in [0.2, 0.25) is 0 Å². The summed E-state index contributed by atoms with van der Waals surface area (Å²) in [5.74, 6) is 5.13. The van der Waals surface area contributed by atoms with Gasteiger partial charge in [0.25, 0.3) is 5.91 Å². The predicted molar refractivity (Wildman–Crippen MR) is 83.4 cm³/mol. The summed E-state index contributed by atoms with van der Waals surface area (Å²) in [7, 11) is 0. The number of rotatable bonds is 3. The number of aryl methyl sites for hydroxylation is 1. The van der Waals surface area contributed by atoms with Crippen molar-refractivity contribution in [1.29, 1.82) is 0 Å². The van der Waals surface area contributed by atoms with Crippen molar-refractivity contribution in [2.24, 2.45) is 5.84 Å². The maximum atomic E-state index is 12.1. The first-order chi connectivity index (χ1) is 9.51. The third-order valence-electron chi connectivity index (χ3n) is 2.82. The number of hydrogen-bond donors (Lipinski definition) is 3. The molecule has 0 aromatic heterocycles. The molecule has 0 spiro atoms. The fourth-order valence-electron chi connectivity index (χ4n) is 1.74. The monoisotopic (exact) mass is 309 g/mol. The lowest BCUT2D eigenvalue weighted by atomic mass is 10.1. The molecule has 4 nitrogen and oxygen atoms in total. The van der Waals surface area contributed by atoms with Crippen LogP contribution >= 0.6 is 23.2 Å². The summed E-state index contributed by atoms with van der Waals surface area (Å²) in [6, 6.07) is 10.1. The second-order valence-corrected chi connectivity index (χ2v) is 5.07. The highest BCUT2D eigenvalue weighted by Crippen LogP contribution is 2.25. The Morgan fingerprint density at radius 1 is 1.10 bits per heavy atom. The van der Waals surface area contributed by atoms with Crippen molar-refractivity contribution in [3.63, 3.8) is 0 Å². The summed E-state index contributed by atoms with van der Waals surface area (Å²) in [6.07, 6.45) is 0. The third kappa shape index (κ3) is 3.22. The first-order valence-corrected chi connectivity index (χ1v) is 6.60. The third-order valence-corrected chi connectivity index (χ3v) is 3.56. The van der Waals surface area contributed by atoms with Gasteiger partial charge in [0.1, 0.15) is 0 Å². The Balaban J connectivity index is 2.19. The van der Waals surface area contributed by atoms with Crippen LogP contribution in [0.15, 0.2) is 36.4 Å². The van der Waals surface area contributed by atoms with Crippen LogP contribution in [0.4, 0.5) is 11.4 Å². The second-order valence-electron chi connectivity index (χ2n) is 4.26.